The summed E-state index contributed by atoms with van der Waals surface area (Å²) in [6.45, 7) is 7.58. The summed E-state index contributed by atoms with van der Waals surface area (Å²) in [4.78, 5) is 11.0. The number of aliphatic hydroxyl groups is 1. The highest BCUT2D eigenvalue weighted by Crippen LogP contribution is 2.22. The highest BCUT2D eigenvalue weighted by Gasteiger charge is 2.24. The van der Waals surface area contributed by atoms with Gasteiger partial charge in [-0.3, -0.25) is 4.79 Å². The monoisotopic (exact) mass is 172 g/mol. The molecule has 0 radical (unpaired) electrons. The summed E-state index contributed by atoms with van der Waals surface area (Å²) in [6.07, 6.45) is 1.66. The number of carbonyl (C=O) groups is 1. The molecule has 1 atom stereocenters. The van der Waals surface area contributed by atoms with Crippen LogP contribution in [-0.4, -0.2) is 16.5 Å². The second-order valence-corrected chi connectivity index (χ2v) is 3.90. The first-order valence-electron chi connectivity index (χ1n) is 4.64. The predicted octanol–water partition coefficient (Wildman–Crippen LogP) is 2.15. The van der Waals surface area contributed by atoms with Crippen molar-refractivity contribution >= 4 is 5.78 Å². The standard InChI is InChI=1S/C10H20O2/c1-5-9(11)6-7-10(4,12)8(2)3/h8,12H,5-7H2,1-4H3. The Bertz CT molecular complexity index is 148. The fourth-order valence-electron chi connectivity index (χ4n) is 0.858. The summed E-state index contributed by atoms with van der Waals surface area (Å²) in [5.74, 6) is 0.443. The van der Waals surface area contributed by atoms with E-state index in [4.69, 9.17) is 0 Å². The van der Waals surface area contributed by atoms with E-state index in [0.717, 1.165) is 0 Å². The third-order valence-corrected chi connectivity index (χ3v) is 2.55. The highest BCUT2D eigenvalue weighted by atomic mass is 16.3. The molecule has 1 N–H and O–H groups in total. The van der Waals surface area contributed by atoms with Gasteiger partial charge >= 0.3 is 0 Å². The van der Waals surface area contributed by atoms with Crippen LogP contribution in [0.2, 0.25) is 0 Å². The molecule has 0 aromatic carbocycles. The summed E-state index contributed by atoms with van der Waals surface area (Å²) in [5, 5.41) is 9.78. The predicted molar refractivity (Wildman–Crippen MR) is 50.0 cm³/mol. The van der Waals surface area contributed by atoms with Crippen LogP contribution in [0.15, 0.2) is 0 Å². The van der Waals surface area contributed by atoms with Gasteiger partial charge in [0, 0.05) is 12.8 Å². The van der Waals surface area contributed by atoms with E-state index >= 15 is 0 Å². The molecule has 0 heterocycles. The largest absolute Gasteiger partial charge is 0.390 e. The second-order valence-electron chi connectivity index (χ2n) is 3.90. The molecule has 1 unspecified atom stereocenters. The maximum atomic E-state index is 11.0. The van der Waals surface area contributed by atoms with Crippen molar-refractivity contribution in [3.63, 3.8) is 0 Å². The lowest BCUT2D eigenvalue weighted by Crippen LogP contribution is -2.31. The first-order chi connectivity index (χ1) is 5.40. The minimum absolute atomic E-state index is 0.210. The zero-order chi connectivity index (χ0) is 9.78. The van der Waals surface area contributed by atoms with Crippen LogP contribution in [0.3, 0.4) is 0 Å². The summed E-state index contributed by atoms with van der Waals surface area (Å²) in [6, 6.07) is 0. The molecule has 12 heavy (non-hydrogen) atoms. The Morgan fingerprint density at radius 2 is 2.00 bits per heavy atom. The molecule has 72 valence electrons. The van der Waals surface area contributed by atoms with Gasteiger partial charge in [0.25, 0.3) is 0 Å². The van der Waals surface area contributed by atoms with Crippen molar-refractivity contribution < 1.29 is 9.90 Å². The molecule has 0 aliphatic carbocycles. The summed E-state index contributed by atoms with van der Waals surface area (Å²) in [7, 11) is 0. The van der Waals surface area contributed by atoms with Gasteiger partial charge in [0.1, 0.15) is 5.78 Å². The average Bonchev–Trinajstić information content (AvgIpc) is 2.00. The van der Waals surface area contributed by atoms with Gasteiger partial charge in [-0.25, -0.2) is 0 Å². The van der Waals surface area contributed by atoms with Gasteiger partial charge in [0.05, 0.1) is 5.60 Å². The van der Waals surface area contributed by atoms with Crippen LogP contribution in [-0.2, 0) is 4.79 Å². The van der Waals surface area contributed by atoms with Crippen molar-refractivity contribution in [3.05, 3.63) is 0 Å². The third kappa shape index (κ3) is 3.86. The molecule has 2 nitrogen and oxygen atoms in total. The highest BCUT2D eigenvalue weighted by molar-refractivity contribution is 5.78. The van der Waals surface area contributed by atoms with E-state index in [1.807, 2.05) is 20.8 Å². The van der Waals surface area contributed by atoms with Gasteiger partial charge < -0.3 is 5.11 Å². The zero-order valence-corrected chi connectivity index (χ0v) is 8.55. The molecule has 0 fully saturated rings. The minimum atomic E-state index is -0.690. The maximum absolute atomic E-state index is 11.0. The van der Waals surface area contributed by atoms with Crippen LogP contribution in [0.5, 0.6) is 0 Å². The fraction of sp³-hybridized carbons (Fsp3) is 0.900. The SMILES string of the molecule is CCC(=O)CCC(C)(O)C(C)C. The minimum Gasteiger partial charge on any atom is -0.390 e. The van der Waals surface area contributed by atoms with Crippen molar-refractivity contribution in [1.82, 2.24) is 0 Å². The van der Waals surface area contributed by atoms with Gasteiger partial charge in [-0.2, -0.15) is 0 Å². The van der Waals surface area contributed by atoms with Gasteiger partial charge in [0.2, 0.25) is 0 Å². The number of rotatable bonds is 5. The number of Topliss-reactive ketones (excluding diaryl/α,β-unsaturated/α-hetero) is 1. The Morgan fingerprint density at radius 1 is 1.50 bits per heavy atom. The zero-order valence-electron chi connectivity index (χ0n) is 8.55. The van der Waals surface area contributed by atoms with Crippen LogP contribution in [0.25, 0.3) is 0 Å². The lowest BCUT2D eigenvalue weighted by molar-refractivity contribution is -0.120. The van der Waals surface area contributed by atoms with Crippen molar-refractivity contribution in [2.24, 2.45) is 5.92 Å². The first-order valence-corrected chi connectivity index (χ1v) is 4.64. The molecular weight excluding hydrogens is 152 g/mol. The molecule has 0 saturated heterocycles. The van der Waals surface area contributed by atoms with Crippen molar-refractivity contribution in [2.45, 2.75) is 52.6 Å². The van der Waals surface area contributed by atoms with Crippen LogP contribution in [0, 0.1) is 5.92 Å². The Morgan fingerprint density at radius 3 is 2.33 bits per heavy atom. The second kappa shape index (κ2) is 4.61. The van der Waals surface area contributed by atoms with E-state index in [9.17, 15) is 9.90 Å². The Kier molecular flexibility index (Phi) is 4.46. The van der Waals surface area contributed by atoms with Crippen LogP contribution in [0.1, 0.15) is 47.0 Å². The maximum Gasteiger partial charge on any atom is 0.132 e. The van der Waals surface area contributed by atoms with E-state index in [1.54, 1.807) is 6.92 Å². The van der Waals surface area contributed by atoms with Crippen molar-refractivity contribution in [1.29, 1.82) is 0 Å². The number of hydrogen-bond donors (Lipinski definition) is 1. The van der Waals surface area contributed by atoms with Gasteiger partial charge in [-0.1, -0.05) is 20.8 Å². The van der Waals surface area contributed by atoms with Crippen LogP contribution in [0.4, 0.5) is 0 Å². The molecule has 0 amide bonds. The molecule has 0 aliphatic rings. The Labute approximate surface area is 75.0 Å². The van der Waals surface area contributed by atoms with Crippen molar-refractivity contribution in [3.8, 4) is 0 Å². The smallest absolute Gasteiger partial charge is 0.132 e. The molecule has 0 saturated carbocycles. The number of hydrogen-bond acceptors (Lipinski definition) is 2. The molecule has 0 bridgehead atoms. The first kappa shape index (κ1) is 11.6. The summed E-state index contributed by atoms with van der Waals surface area (Å²) >= 11 is 0. The van der Waals surface area contributed by atoms with E-state index < -0.39 is 5.60 Å². The third-order valence-electron chi connectivity index (χ3n) is 2.55. The van der Waals surface area contributed by atoms with E-state index in [1.165, 1.54) is 0 Å². The molecule has 0 spiro atoms. The number of ketones is 1. The number of carbonyl (C=O) groups excluding carboxylic acids is 1. The topological polar surface area (TPSA) is 37.3 Å². The molecule has 0 rings (SSSR count). The van der Waals surface area contributed by atoms with E-state index in [2.05, 4.69) is 0 Å². The lowest BCUT2D eigenvalue weighted by Gasteiger charge is -2.27. The Hall–Kier alpha value is -0.370. The molecule has 0 aliphatic heterocycles. The van der Waals surface area contributed by atoms with Gasteiger partial charge in [-0.15, -0.1) is 0 Å². The molecule has 0 aromatic heterocycles. The fourth-order valence-corrected chi connectivity index (χ4v) is 0.858. The summed E-state index contributed by atoms with van der Waals surface area (Å²) in [5.41, 5.74) is -0.690. The quantitative estimate of drug-likeness (QED) is 0.690. The summed E-state index contributed by atoms with van der Waals surface area (Å²) < 4.78 is 0. The van der Waals surface area contributed by atoms with Crippen LogP contribution < -0.4 is 0 Å². The normalized spacial score (nSPS) is 16.2. The van der Waals surface area contributed by atoms with Gasteiger partial charge in [0.15, 0.2) is 0 Å². The van der Waals surface area contributed by atoms with Crippen molar-refractivity contribution in [2.75, 3.05) is 0 Å². The lowest BCUT2D eigenvalue weighted by atomic mass is 9.87. The molecule has 2 heteroatoms. The molecule has 0 aromatic rings. The van der Waals surface area contributed by atoms with Crippen LogP contribution >= 0.6 is 0 Å². The van der Waals surface area contributed by atoms with E-state index in [0.29, 0.717) is 19.3 Å². The average molecular weight is 172 g/mol. The van der Waals surface area contributed by atoms with E-state index in [-0.39, 0.29) is 11.7 Å². The molecular formula is C10H20O2. The Balaban J connectivity index is 3.83. The van der Waals surface area contributed by atoms with Gasteiger partial charge in [-0.05, 0) is 19.3 Å².